The maximum Gasteiger partial charge on any atom is 0.190 e. The van der Waals surface area contributed by atoms with E-state index in [-0.39, 0.29) is 0 Å². The summed E-state index contributed by atoms with van der Waals surface area (Å²) in [4.78, 5) is 1.13. The van der Waals surface area contributed by atoms with E-state index in [1.54, 1.807) is 11.8 Å². The monoisotopic (exact) mass is 259 g/mol. The summed E-state index contributed by atoms with van der Waals surface area (Å²) in [5.74, 6) is 0.861. The SMILES string of the molecule is COC(=N)CSc1ccccc1Br. The highest BCUT2D eigenvalue weighted by atomic mass is 79.9. The number of halogens is 1. The van der Waals surface area contributed by atoms with Crippen molar-refractivity contribution in [3.8, 4) is 0 Å². The maximum absolute atomic E-state index is 7.30. The minimum absolute atomic E-state index is 0.292. The minimum atomic E-state index is 0.292. The quantitative estimate of drug-likeness (QED) is 0.514. The second kappa shape index (κ2) is 5.29. The van der Waals surface area contributed by atoms with Gasteiger partial charge in [-0.25, -0.2) is 0 Å². The van der Waals surface area contributed by atoms with E-state index in [1.807, 2.05) is 24.3 Å². The van der Waals surface area contributed by atoms with Gasteiger partial charge in [-0.3, -0.25) is 5.41 Å². The van der Waals surface area contributed by atoms with E-state index in [1.165, 1.54) is 7.11 Å². The zero-order valence-electron chi connectivity index (χ0n) is 7.21. The van der Waals surface area contributed by atoms with Crippen LogP contribution < -0.4 is 0 Å². The van der Waals surface area contributed by atoms with Crippen molar-refractivity contribution in [1.29, 1.82) is 5.41 Å². The van der Waals surface area contributed by atoms with Crippen molar-refractivity contribution in [2.75, 3.05) is 12.9 Å². The molecule has 0 radical (unpaired) electrons. The zero-order valence-corrected chi connectivity index (χ0v) is 9.61. The summed E-state index contributed by atoms with van der Waals surface area (Å²) < 4.78 is 5.82. The molecule has 2 nitrogen and oxygen atoms in total. The Morgan fingerprint density at radius 3 is 2.85 bits per heavy atom. The van der Waals surface area contributed by atoms with Gasteiger partial charge >= 0.3 is 0 Å². The maximum atomic E-state index is 7.30. The molecular formula is C9H10BrNOS. The molecule has 1 aromatic carbocycles. The van der Waals surface area contributed by atoms with Crippen LogP contribution in [-0.4, -0.2) is 18.8 Å². The van der Waals surface area contributed by atoms with Crippen LogP contribution in [0.4, 0.5) is 0 Å². The second-order valence-corrected chi connectivity index (χ2v) is 4.22. The van der Waals surface area contributed by atoms with E-state index in [9.17, 15) is 0 Å². The molecule has 0 saturated heterocycles. The molecule has 70 valence electrons. The first kappa shape index (κ1) is 10.6. The highest BCUT2D eigenvalue weighted by Crippen LogP contribution is 2.26. The summed E-state index contributed by atoms with van der Waals surface area (Å²) in [7, 11) is 1.52. The molecule has 1 aromatic rings. The Hall–Kier alpha value is -0.480. The Bertz CT molecular complexity index is 303. The molecule has 1 rings (SSSR count). The lowest BCUT2D eigenvalue weighted by atomic mass is 10.4. The van der Waals surface area contributed by atoms with Crippen LogP contribution in [0.1, 0.15) is 0 Å². The molecule has 0 saturated carbocycles. The molecule has 0 atom stereocenters. The number of rotatable bonds is 3. The third-order valence-corrected chi connectivity index (χ3v) is 3.47. The molecule has 0 aliphatic carbocycles. The Kier molecular flexibility index (Phi) is 4.32. The topological polar surface area (TPSA) is 33.1 Å². The van der Waals surface area contributed by atoms with Crippen molar-refractivity contribution in [3.05, 3.63) is 28.7 Å². The number of thioether (sulfide) groups is 1. The lowest BCUT2D eigenvalue weighted by Crippen LogP contribution is -2.01. The molecular weight excluding hydrogens is 250 g/mol. The van der Waals surface area contributed by atoms with Crippen LogP contribution >= 0.6 is 27.7 Å². The van der Waals surface area contributed by atoms with Crippen LogP contribution in [-0.2, 0) is 4.74 Å². The number of benzene rings is 1. The summed E-state index contributed by atoms with van der Waals surface area (Å²) in [6.45, 7) is 0. The highest BCUT2D eigenvalue weighted by molar-refractivity contribution is 9.10. The lowest BCUT2D eigenvalue weighted by molar-refractivity contribution is 0.397. The smallest absolute Gasteiger partial charge is 0.190 e. The zero-order chi connectivity index (χ0) is 9.68. The molecule has 0 aliphatic heterocycles. The van der Waals surface area contributed by atoms with E-state index in [0.29, 0.717) is 11.7 Å². The highest BCUT2D eigenvalue weighted by Gasteiger charge is 2.01. The van der Waals surface area contributed by atoms with Gasteiger partial charge in [-0.05, 0) is 28.1 Å². The van der Waals surface area contributed by atoms with Gasteiger partial charge in [0.05, 0.1) is 12.9 Å². The van der Waals surface area contributed by atoms with Gasteiger partial charge in [0, 0.05) is 9.37 Å². The molecule has 0 aliphatic rings. The first-order valence-electron chi connectivity index (χ1n) is 3.73. The van der Waals surface area contributed by atoms with Crippen molar-refractivity contribution in [2.45, 2.75) is 4.90 Å². The first-order chi connectivity index (χ1) is 6.24. The van der Waals surface area contributed by atoms with Crippen molar-refractivity contribution >= 4 is 33.6 Å². The Morgan fingerprint density at radius 1 is 1.54 bits per heavy atom. The molecule has 0 bridgehead atoms. The van der Waals surface area contributed by atoms with Crippen LogP contribution in [0.3, 0.4) is 0 Å². The fourth-order valence-corrected chi connectivity index (χ4v) is 2.18. The van der Waals surface area contributed by atoms with Gasteiger partial charge in [-0.1, -0.05) is 12.1 Å². The van der Waals surface area contributed by atoms with Crippen LogP contribution in [0.25, 0.3) is 0 Å². The standard InChI is InChI=1S/C9H10BrNOS/c1-12-9(11)6-13-8-5-3-2-4-7(8)10/h2-5,11H,6H2,1H3. The normalized spacial score (nSPS) is 9.69. The number of methoxy groups -OCH3 is 1. The summed E-state index contributed by atoms with van der Waals surface area (Å²) in [6, 6.07) is 7.94. The fourth-order valence-electron chi connectivity index (χ4n) is 0.764. The van der Waals surface area contributed by atoms with Crippen molar-refractivity contribution in [1.82, 2.24) is 0 Å². The first-order valence-corrected chi connectivity index (χ1v) is 5.50. The second-order valence-electron chi connectivity index (χ2n) is 2.35. The third kappa shape index (κ3) is 3.40. The van der Waals surface area contributed by atoms with Gasteiger partial charge < -0.3 is 4.74 Å². The Labute approximate surface area is 90.3 Å². The number of hydrogen-bond acceptors (Lipinski definition) is 3. The van der Waals surface area contributed by atoms with Gasteiger partial charge in [0.25, 0.3) is 0 Å². The molecule has 0 amide bonds. The van der Waals surface area contributed by atoms with Crippen LogP contribution in [0.5, 0.6) is 0 Å². The van der Waals surface area contributed by atoms with E-state index in [4.69, 9.17) is 10.1 Å². The number of ether oxygens (including phenoxy) is 1. The van der Waals surface area contributed by atoms with Gasteiger partial charge in [-0.15, -0.1) is 11.8 Å². The summed E-state index contributed by atoms with van der Waals surface area (Å²) in [6.07, 6.45) is 0. The number of hydrogen-bond donors (Lipinski definition) is 1. The molecule has 13 heavy (non-hydrogen) atoms. The molecule has 4 heteroatoms. The predicted molar refractivity (Wildman–Crippen MR) is 59.6 cm³/mol. The molecule has 0 unspecified atom stereocenters. The van der Waals surface area contributed by atoms with Crippen molar-refractivity contribution < 1.29 is 4.74 Å². The Morgan fingerprint density at radius 2 is 2.23 bits per heavy atom. The van der Waals surface area contributed by atoms with Crippen LogP contribution in [0.15, 0.2) is 33.6 Å². The molecule has 0 heterocycles. The van der Waals surface area contributed by atoms with Crippen molar-refractivity contribution in [3.63, 3.8) is 0 Å². The minimum Gasteiger partial charge on any atom is -0.484 e. The van der Waals surface area contributed by atoms with Crippen LogP contribution in [0, 0.1) is 5.41 Å². The molecule has 0 aromatic heterocycles. The van der Waals surface area contributed by atoms with E-state index in [2.05, 4.69) is 15.9 Å². The van der Waals surface area contributed by atoms with E-state index < -0.39 is 0 Å². The summed E-state index contributed by atoms with van der Waals surface area (Å²) in [5, 5.41) is 7.30. The lowest BCUT2D eigenvalue weighted by Gasteiger charge is -2.03. The van der Waals surface area contributed by atoms with Crippen molar-refractivity contribution in [2.24, 2.45) is 0 Å². The molecule has 0 fully saturated rings. The van der Waals surface area contributed by atoms with Gasteiger partial charge in [-0.2, -0.15) is 0 Å². The van der Waals surface area contributed by atoms with E-state index >= 15 is 0 Å². The van der Waals surface area contributed by atoms with Gasteiger partial charge in [0.1, 0.15) is 0 Å². The third-order valence-electron chi connectivity index (χ3n) is 1.44. The van der Waals surface area contributed by atoms with Gasteiger partial charge in [0.15, 0.2) is 5.90 Å². The van der Waals surface area contributed by atoms with Crippen LogP contribution in [0.2, 0.25) is 0 Å². The van der Waals surface area contributed by atoms with Gasteiger partial charge in [0.2, 0.25) is 0 Å². The van der Waals surface area contributed by atoms with E-state index in [0.717, 1.165) is 9.37 Å². The molecule has 1 N–H and O–H groups in total. The largest absolute Gasteiger partial charge is 0.484 e. The summed E-state index contributed by atoms with van der Waals surface area (Å²) in [5.41, 5.74) is 0. The predicted octanol–water partition coefficient (Wildman–Crippen LogP) is 3.16. The number of nitrogens with one attached hydrogen (secondary N) is 1. The average Bonchev–Trinajstić information content (AvgIpc) is 2.16. The fraction of sp³-hybridized carbons (Fsp3) is 0.222. The average molecular weight is 260 g/mol. The Balaban J connectivity index is 2.54. The summed E-state index contributed by atoms with van der Waals surface area (Å²) >= 11 is 5.02. The molecule has 0 spiro atoms.